The van der Waals surface area contributed by atoms with E-state index in [1.54, 1.807) is 17.3 Å². The van der Waals surface area contributed by atoms with E-state index in [0.717, 1.165) is 22.8 Å². The second-order valence-corrected chi connectivity index (χ2v) is 5.40. The van der Waals surface area contributed by atoms with Crippen LogP contribution in [0.15, 0.2) is 48.8 Å². The van der Waals surface area contributed by atoms with Crippen molar-refractivity contribution in [3.63, 3.8) is 0 Å². The molecule has 0 aliphatic carbocycles. The molecule has 0 saturated carbocycles. The Morgan fingerprint density at radius 1 is 1.21 bits per heavy atom. The number of anilines is 1. The van der Waals surface area contributed by atoms with Crippen LogP contribution in [0.1, 0.15) is 5.82 Å². The molecule has 1 aliphatic heterocycles. The van der Waals surface area contributed by atoms with Crippen LogP contribution in [0.2, 0.25) is 0 Å². The molecule has 0 unspecified atom stereocenters. The van der Waals surface area contributed by atoms with E-state index < -0.39 is 0 Å². The molecule has 0 fully saturated rings. The number of aromatic amines is 1. The van der Waals surface area contributed by atoms with Gasteiger partial charge in [0.05, 0.1) is 5.69 Å². The van der Waals surface area contributed by atoms with Gasteiger partial charge in [-0.3, -0.25) is 14.9 Å². The second kappa shape index (κ2) is 6.11. The van der Waals surface area contributed by atoms with Crippen LogP contribution in [0, 0.1) is 0 Å². The van der Waals surface area contributed by atoms with Crippen molar-refractivity contribution in [2.45, 2.75) is 6.42 Å². The normalized spacial score (nSPS) is 13.5. The standard InChI is InChI=1S/C17H15N5O2/c23-16-11-24-14-6-2-1-5-13(14)22(16)9-7-15-19-17(21-20-15)12-4-3-8-18-10-12/h1-6,8,10H,7,9,11H2,(H,19,20,21). The van der Waals surface area contributed by atoms with E-state index in [-0.39, 0.29) is 12.5 Å². The number of ether oxygens (including phenoxy) is 1. The zero-order valence-corrected chi connectivity index (χ0v) is 12.8. The largest absolute Gasteiger partial charge is 0.482 e. The first-order valence-corrected chi connectivity index (χ1v) is 7.65. The number of nitrogens with zero attached hydrogens (tertiary/aromatic N) is 4. The number of amides is 1. The number of aromatic nitrogens is 4. The Morgan fingerprint density at radius 2 is 2.12 bits per heavy atom. The maximum Gasteiger partial charge on any atom is 0.265 e. The van der Waals surface area contributed by atoms with Gasteiger partial charge in [-0.15, -0.1) is 0 Å². The highest BCUT2D eigenvalue weighted by Crippen LogP contribution is 2.31. The van der Waals surface area contributed by atoms with Crippen molar-refractivity contribution in [2.75, 3.05) is 18.1 Å². The average Bonchev–Trinajstić information content (AvgIpc) is 3.11. The lowest BCUT2D eigenvalue weighted by Crippen LogP contribution is -2.40. The lowest BCUT2D eigenvalue weighted by Gasteiger charge is -2.28. The third-order valence-electron chi connectivity index (χ3n) is 3.83. The molecule has 1 aliphatic rings. The number of fused-ring (bicyclic) bond motifs is 1. The summed E-state index contributed by atoms with van der Waals surface area (Å²) < 4.78 is 5.45. The fourth-order valence-corrected chi connectivity index (χ4v) is 2.65. The van der Waals surface area contributed by atoms with Crippen molar-refractivity contribution in [3.05, 3.63) is 54.6 Å². The first-order valence-electron chi connectivity index (χ1n) is 7.65. The molecular formula is C17H15N5O2. The van der Waals surface area contributed by atoms with Crippen molar-refractivity contribution < 1.29 is 9.53 Å². The molecule has 7 nitrogen and oxygen atoms in total. The highest BCUT2D eigenvalue weighted by atomic mass is 16.5. The highest BCUT2D eigenvalue weighted by Gasteiger charge is 2.25. The Kier molecular flexibility index (Phi) is 3.66. The van der Waals surface area contributed by atoms with Crippen LogP contribution in [-0.4, -0.2) is 39.2 Å². The number of benzene rings is 1. The third kappa shape index (κ3) is 2.71. The number of H-pyrrole nitrogens is 1. The number of carbonyl (C=O) groups is 1. The van der Waals surface area contributed by atoms with Gasteiger partial charge in [0.1, 0.15) is 11.6 Å². The van der Waals surface area contributed by atoms with Gasteiger partial charge in [0.2, 0.25) is 0 Å². The van der Waals surface area contributed by atoms with Crippen molar-refractivity contribution in [1.29, 1.82) is 0 Å². The number of carbonyl (C=O) groups excluding carboxylic acids is 1. The Balaban J connectivity index is 1.50. The van der Waals surface area contributed by atoms with Crippen LogP contribution in [0.5, 0.6) is 5.75 Å². The molecule has 1 amide bonds. The minimum absolute atomic E-state index is 0.0549. The molecule has 3 aromatic rings. The van der Waals surface area contributed by atoms with Crippen LogP contribution in [0.4, 0.5) is 5.69 Å². The van der Waals surface area contributed by atoms with Gasteiger partial charge in [-0.1, -0.05) is 12.1 Å². The molecule has 7 heteroatoms. The lowest BCUT2D eigenvalue weighted by atomic mass is 10.2. The monoisotopic (exact) mass is 321 g/mol. The summed E-state index contributed by atoms with van der Waals surface area (Å²) in [6, 6.07) is 11.3. The summed E-state index contributed by atoms with van der Waals surface area (Å²) in [6.07, 6.45) is 4.00. The van der Waals surface area contributed by atoms with E-state index >= 15 is 0 Å². The molecule has 0 radical (unpaired) electrons. The van der Waals surface area contributed by atoms with E-state index in [4.69, 9.17) is 4.74 Å². The molecule has 24 heavy (non-hydrogen) atoms. The summed E-state index contributed by atoms with van der Waals surface area (Å²) >= 11 is 0. The van der Waals surface area contributed by atoms with Crippen LogP contribution in [-0.2, 0) is 11.2 Å². The molecule has 0 bridgehead atoms. The highest BCUT2D eigenvalue weighted by molar-refractivity contribution is 5.97. The summed E-state index contributed by atoms with van der Waals surface area (Å²) in [5.74, 6) is 2.00. The Morgan fingerprint density at radius 3 is 3.00 bits per heavy atom. The maximum atomic E-state index is 12.2. The Hall–Kier alpha value is -3.22. The molecule has 0 saturated heterocycles. The molecule has 1 N–H and O–H groups in total. The van der Waals surface area contributed by atoms with Crippen LogP contribution in [0.3, 0.4) is 0 Å². The van der Waals surface area contributed by atoms with Gasteiger partial charge >= 0.3 is 0 Å². The Labute approximate surface area is 138 Å². The van der Waals surface area contributed by atoms with Crippen molar-refractivity contribution in [2.24, 2.45) is 0 Å². The zero-order chi connectivity index (χ0) is 16.4. The minimum atomic E-state index is -0.0549. The Bertz CT molecular complexity index is 862. The summed E-state index contributed by atoms with van der Waals surface area (Å²) in [7, 11) is 0. The summed E-state index contributed by atoms with van der Waals surface area (Å²) in [4.78, 5) is 22.4. The molecule has 0 atom stereocenters. The fraction of sp³-hybridized carbons (Fsp3) is 0.176. The maximum absolute atomic E-state index is 12.2. The predicted molar refractivity (Wildman–Crippen MR) is 87.6 cm³/mol. The van der Waals surface area contributed by atoms with Gasteiger partial charge in [-0.05, 0) is 24.3 Å². The number of nitrogens with one attached hydrogen (secondary N) is 1. The lowest BCUT2D eigenvalue weighted by molar-refractivity contribution is -0.121. The molecule has 2 aromatic heterocycles. The fourth-order valence-electron chi connectivity index (χ4n) is 2.65. The van der Waals surface area contributed by atoms with Gasteiger partial charge in [0.15, 0.2) is 12.4 Å². The van der Waals surface area contributed by atoms with Gasteiger partial charge in [0, 0.05) is 30.9 Å². The van der Waals surface area contributed by atoms with Crippen LogP contribution < -0.4 is 9.64 Å². The molecule has 4 rings (SSSR count). The van der Waals surface area contributed by atoms with E-state index in [1.807, 2.05) is 36.4 Å². The van der Waals surface area contributed by atoms with E-state index in [1.165, 1.54) is 0 Å². The van der Waals surface area contributed by atoms with E-state index in [0.29, 0.717) is 18.8 Å². The van der Waals surface area contributed by atoms with Gasteiger partial charge in [-0.25, -0.2) is 4.98 Å². The van der Waals surface area contributed by atoms with Crippen molar-refractivity contribution >= 4 is 11.6 Å². The average molecular weight is 321 g/mol. The summed E-state index contributed by atoms with van der Waals surface area (Å²) in [6.45, 7) is 0.579. The van der Waals surface area contributed by atoms with E-state index in [2.05, 4.69) is 20.2 Å². The summed E-state index contributed by atoms with van der Waals surface area (Å²) in [5, 5.41) is 7.13. The number of para-hydroxylation sites is 2. The molecular weight excluding hydrogens is 306 g/mol. The quantitative estimate of drug-likeness (QED) is 0.792. The molecule has 3 heterocycles. The minimum Gasteiger partial charge on any atom is -0.482 e. The molecule has 0 spiro atoms. The third-order valence-corrected chi connectivity index (χ3v) is 3.83. The van der Waals surface area contributed by atoms with Crippen LogP contribution in [0.25, 0.3) is 11.4 Å². The number of hydrogen-bond acceptors (Lipinski definition) is 5. The second-order valence-electron chi connectivity index (χ2n) is 5.40. The smallest absolute Gasteiger partial charge is 0.265 e. The molecule has 1 aromatic carbocycles. The van der Waals surface area contributed by atoms with Gasteiger partial charge < -0.3 is 9.64 Å². The number of pyridine rings is 1. The van der Waals surface area contributed by atoms with Crippen LogP contribution >= 0.6 is 0 Å². The topological polar surface area (TPSA) is 84.0 Å². The summed E-state index contributed by atoms with van der Waals surface area (Å²) in [5.41, 5.74) is 1.65. The van der Waals surface area contributed by atoms with Crippen molar-refractivity contribution in [3.8, 4) is 17.1 Å². The molecule has 120 valence electrons. The number of rotatable bonds is 4. The first-order chi connectivity index (χ1) is 11.8. The van der Waals surface area contributed by atoms with Gasteiger partial charge in [-0.2, -0.15) is 5.10 Å². The van der Waals surface area contributed by atoms with Crippen molar-refractivity contribution in [1.82, 2.24) is 20.2 Å². The SMILES string of the molecule is O=C1COc2ccccc2N1CCc1nc(-c2cccnc2)n[nH]1. The zero-order valence-electron chi connectivity index (χ0n) is 12.8. The van der Waals surface area contributed by atoms with E-state index in [9.17, 15) is 4.79 Å². The first kappa shape index (κ1) is 14.4. The predicted octanol–water partition coefficient (Wildman–Crippen LogP) is 1.83. The van der Waals surface area contributed by atoms with Gasteiger partial charge in [0.25, 0.3) is 5.91 Å². The number of hydrogen-bond donors (Lipinski definition) is 1.